The molecule has 0 saturated heterocycles. The van der Waals surface area contributed by atoms with E-state index in [1.807, 2.05) is 24.3 Å². The van der Waals surface area contributed by atoms with Crippen LogP contribution in [0.4, 0.5) is 0 Å². The molecular formula is C47H28N2O. The number of hydrogen-bond acceptors (Lipinski definition) is 3. The fourth-order valence-corrected chi connectivity index (χ4v) is 8.79. The molecule has 2 aliphatic rings. The van der Waals surface area contributed by atoms with Crippen LogP contribution >= 0.6 is 0 Å². The molecule has 7 aromatic carbocycles. The zero-order chi connectivity index (χ0) is 32.8. The summed E-state index contributed by atoms with van der Waals surface area (Å²) in [5.74, 6) is 0.706. The van der Waals surface area contributed by atoms with E-state index < -0.39 is 5.41 Å². The first kappa shape index (κ1) is 27.4. The van der Waals surface area contributed by atoms with Crippen LogP contribution in [0.25, 0.3) is 78.1 Å². The molecule has 0 fully saturated rings. The van der Waals surface area contributed by atoms with E-state index in [0.717, 1.165) is 50.0 Å². The van der Waals surface area contributed by atoms with Crippen LogP contribution in [0.1, 0.15) is 22.3 Å². The third-order valence-corrected chi connectivity index (χ3v) is 10.7. The Bertz CT molecular complexity index is 2770. The minimum atomic E-state index is -0.511. The largest absolute Gasteiger partial charge is 0.456 e. The van der Waals surface area contributed by atoms with Gasteiger partial charge >= 0.3 is 0 Å². The summed E-state index contributed by atoms with van der Waals surface area (Å²) in [6.07, 6.45) is 0. The Kier molecular flexibility index (Phi) is 5.59. The number of furan rings is 1. The van der Waals surface area contributed by atoms with Crippen molar-refractivity contribution in [1.29, 1.82) is 0 Å². The van der Waals surface area contributed by atoms with Crippen molar-refractivity contribution in [1.82, 2.24) is 9.97 Å². The molecule has 0 saturated carbocycles. The first-order valence-electron chi connectivity index (χ1n) is 17.1. The quantitative estimate of drug-likeness (QED) is 0.194. The maximum absolute atomic E-state index is 6.33. The summed E-state index contributed by atoms with van der Waals surface area (Å²) >= 11 is 0. The average molecular weight is 637 g/mol. The Morgan fingerprint density at radius 1 is 0.400 bits per heavy atom. The summed E-state index contributed by atoms with van der Waals surface area (Å²) in [5.41, 5.74) is 16.2. The predicted molar refractivity (Wildman–Crippen MR) is 202 cm³/mol. The van der Waals surface area contributed by atoms with Crippen molar-refractivity contribution < 1.29 is 4.42 Å². The van der Waals surface area contributed by atoms with Crippen molar-refractivity contribution in [2.24, 2.45) is 0 Å². The van der Waals surface area contributed by atoms with Crippen molar-refractivity contribution in [3.05, 3.63) is 192 Å². The van der Waals surface area contributed by atoms with Crippen LogP contribution < -0.4 is 0 Å². The molecule has 3 heteroatoms. The number of fused-ring (bicyclic) bond motifs is 13. The van der Waals surface area contributed by atoms with E-state index in [1.54, 1.807) is 0 Å². The summed E-state index contributed by atoms with van der Waals surface area (Å²) in [5, 5.41) is 2.14. The summed E-state index contributed by atoms with van der Waals surface area (Å²) in [6, 6.07) is 60.5. The molecule has 0 atom stereocenters. The second-order valence-corrected chi connectivity index (χ2v) is 13.2. The number of aromatic nitrogens is 2. The molecule has 50 heavy (non-hydrogen) atoms. The number of rotatable bonds is 3. The van der Waals surface area contributed by atoms with Gasteiger partial charge in [0.15, 0.2) is 5.82 Å². The number of benzene rings is 7. The van der Waals surface area contributed by atoms with E-state index in [9.17, 15) is 0 Å². The molecule has 11 rings (SSSR count). The van der Waals surface area contributed by atoms with Crippen LogP contribution in [0.15, 0.2) is 174 Å². The molecular weight excluding hydrogens is 609 g/mol. The van der Waals surface area contributed by atoms with E-state index in [-0.39, 0.29) is 0 Å². The molecule has 2 aliphatic carbocycles. The molecule has 232 valence electrons. The van der Waals surface area contributed by atoms with Crippen LogP contribution in [0.5, 0.6) is 0 Å². The molecule has 0 bridgehead atoms. The lowest BCUT2D eigenvalue weighted by atomic mass is 9.69. The normalized spacial score (nSPS) is 13.4. The van der Waals surface area contributed by atoms with Gasteiger partial charge in [-0.2, -0.15) is 0 Å². The Morgan fingerprint density at radius 2 is 0.920 bits per heavy atom. The Balaban J connectivity index is 1.25. The van der Waals surface area contributed by atoms with E-state index in [4.69, 9.17) is 14.4 Å². The van der Waals surface area contributed by atoms with Crippen molar-refractivity contribution in [2.45, 2.75) is 5.41 Å². The van der Waals surface area contributed by atoms with Gasteiger partial charge in [-0.25, -0.2) is 9.97 Å². The van der Waals surface area contributed by atoms with Gasteiger partial charge in [-0.3, -0.25) is 0 Å². The third kappa shape index (κ3) is 3.58. The lowest BCUT2D eigenvalue weighted by Crippen LogP contribution is -2.26. The predicted octanol–water partition coefficient (Wildman–Crippen LogP) is 11.7. The van der Waals surface area contributed by atoms with Crippen LogP contribution in [0.3, 0.4) is 0 Å². The second-order valence-electron chi connectivity index (χ2n) is 13.2. The molecule has 1 spiro atoms. The molecule has 0 unspecified atom stereocenters. The van der Waals surface area contributed by atoms with Crippen molar-refractivity contribution >= 4 is 21.9 Å². The Hall–Kier alpha value is -6.58. The fraction of sp³-hybridized carbons (Fsp3) is 0.0213. The van der Waals surface area contributed by atoms with Gasteiger partial charge in [0.2, 0.25) is 0 Å². The Morgan fingerprint density at radius 3 is 1.66 bits per heavy atom. The van der Waals surface area contributed by atoms with Gasteiger partial charge in [0.05, 0.1) is 16.8 Å². The standard InChI is InChI=1S/C47H28N2O/c1-2-14-29(15-3-1)40-28-41(34-21-13-27-43-44(34)35-19-7-11-26-42(35)50-43)49-46(48-40)36-22-12-20-33-32-18-6-10-25-39(32)47(45(33)36)37-23-8-4-16-30(37)31-17-5-9-24-38(31)47/h1-28H. The number of hydrogen-bond donors (Lipinski definition) is 0. The monoisotopic (exact) mass is 636 g/mol. The first-order chi connectivity index (χ1) is 24.8. The fourth-order valence-electron chi connectivity index (χ4n) is 8.79. The molecule has 2 aromatic heterocycles. The summed E-state index contributed by atoms with van der Waals surface area (Å²) < 4.78 is 6.33. The van der Waals surface area contributed by atoms with Crippen molar-refractivity contribution in [3.63, 3.8) is 0 Å². The van der Waals surface area contributed by atoms with E-state index >= 15 is 0 Å². The maximum Gasteiger partial charge on any atom is 0.160 e. The molecule has 2 heterocycles. The topological polar surface area (TPSA) is 38.9 Å². The van der Waals surface area contributed by atoms with E-state index in [0.29, 0.717) is 5.82 Å². The molecule has 9 aromatic rings. The van der Waals surface area contributed by atoms with Gasteiger partial charge in [-0.05, 0) is 62.7 Å². The van der Waals surface area contributed by atoms with Crippen LogP contribution in [0, 0.1) is 0 Å². The molecule has 3 nitrogen and oxygen atoms in total. The van der Waals surface area contributed by atoms with Gasteiger partial charge in [-0.1, -0.05) is 152 Å². The second kappa shape index (κ2) is 10.2. The van der Waals surface area contributed by atoms with Crippen molar-refractivity contribution in [2.75, 3.05) is 0 Å². The summed E-state index contributed by atoms with van der Waals surface area (Å²) in [4.78, 5) is 10.9. The summed E-state index contributed by atoms with van der Waals surface area (Å²) in [7, 11) is 0. The van der Waals surface area contributed by atoms with Gasteiger partial charge < -0.3 is 4.42 Å². The van der Waals surface area contributed by atoms with E-state index in [2.05, 4.69) is 146 Å². The number of para-hydroxylation sites is 1. The van der Waals surface area contributed by atoms with E-state index in [1.165, 1.54) is 44.5 Å². The van der Waals surface area contributed by atoms with Crippen molar-refractivity contribution in [3.8, 4) is 56.2 Å². The van der Waals surface area contributed by atoms with Gasteiger partial charge in [-0.15, -0.1) is 0 Å². The first-order valence-corrected chi connectivity index (χ1v) is 17.1. The summed E-state index contributed by atoms with van der Waals surface area (Å²) in [6.45, 7) is 0. The minimum absolute atomic E-state index is 0.511. The molecule has 0 radical (unpaired) electrons. The van der Waals surface area contributed by atoms with Crippen LogP contribution in [0.2, 0.25) is 0 Å². The lowest BCUT2D eigenvalue weighted by molar-refractivity contribution is 0.669. The van der Waals surface area contributed by atoms with Gasteiger partial charge in [0, 0.05) is 27.5 Å². The highest BCUT2D eigenvalue weighted by Crippen LogP contribution is 2.64. The van der Waals surface area contributed by atoms with Crippen LogP contribution in [-0.4, -0.2) is 9.97 Å². The number of nitrogens with zero attached hydrogens (tertiary/aromatic N) is 2. The van der Waals surface area contributed by atoms with Gasteiger partial charge in [0.1, 0.15) is 11.2 Å². The SMILES string of the molecule is c1ccc(-c2cc(-c3cccc4oc5ccccc5c34)nc(-c3cccc4c3C3(c5ccccc5-c5ccccc53)c3ccccc3-4)n2)cc1. The molecule has 0 amide bonds. The van der Waals surface area contributed by atoms with Gasteiger partial charge in [0.25, 0.3) is 0 Å². The highest BCUT2D eigenvalue weighted by molar-refractivity contribution is 6.12. The lowest BCUT2D eigenvalue weighted by Gasteiger charge is -2.32. The minimum Gasteiger partial charge on any atom is -0.456 e. The zero-order valence-electron chi connectivity index (χ0n) is 27.0. The smallest absolute Gasteiger partial charge is 0.160 e. The maximum atomic E-state index is 6.33. The molecule has 0 aliphatic heterocycles. The highest BCUT2D eigenvalue weighted by atomic mass is 16.3. The third-order valence-electron chi connectivity index (χ3n) is 10.7. The average Bonchev–Trinajstić information content (AvgIpc) is 3.82. The zero-order valence-corrected chi connectivity index (χ0v) is 27.0. The Labute approximate surface area is 289 Å². The molecule has 0 N–H and O–H groups in total. The van der Waals surface area contributed by atoms with Crippen LogP contribution in [-0.2, 0) is 5.41 Å². The highest BCUT2D eigenvalue weighted by Gasteiger charge is 2.52.